The number of benzene rings is 2. The molecule has 0 spiro atoms. The molecule has 3 heterocycles. The second-order valence-electron chi connectivity index (χ2n) is 7.32. The molecular formula is C23H19BrN4O3S. The summed E-state index contributed by atoms with van der Waals surface area (Å²) in [6, 6.07) is 13.1. The molecule has 0 saturated heterocycles. The van der Waals surface area contributed by atoms with Crippen molar-refractivity contribution < 1.29 is 9.53 Å². The second-order valence-corrected chi connectivity index (χ2v) is 9.22. The van der Waals surface area contributed by atoms with E-state index in [0.29, 0.717) is 34.0 Å². The predicted molar refractivity (Wildman–Crippen MR) is 128 cm³/mol. The third-order valence-corrected chi connectivity index (χ3v) is 6.79. The number of fused-ring (bicyclic) bond motifs is 2. The van der Waals surface area contributed by atoms with Crippen molar-refractivity contribution in [2.75, 3.05) is 18.1 Å². The maximum Gasteiger partial charge on any atom is 0.291 e. The highest BCUT2D eigenvalue weighted by Crippen LogP contribution is 2.37. The maximum absolute atomic E-state index is 13.2. The highest BCUT2D eigenvalue weighted by Gasteiger charge is 2.33. The van der Waals surface area contributed by atoms with Gasteiger partial charge in [0.15, 0.2) is 5.82 Å². The molecule has 1 aliphatic heterocycles. The van der Waals surface area contributed by atoms with E-state index in [-0.39, 0.29) is 11.5 Å². The molecule has 2 aromatic heterocycles. The highest BCUT2D eigenvalue weighted by atomic mass is 79.9. The van der Waals surface area contributed by atoms with Gasteiger partial charge in [-0.2, -0.15) is 9.50 Å². The number of rotatable bonds is 5. The molecule has 4 aromatic rings. The molecule has 1 aliphatic rings. The van der Waals surface area contributed by atoms with Crippen LogP contribution >= 0.6 is 27.3 Å². The monoisotopic (exact) mass is 510 g/mol. The lowest BCUT2D eigenvalue weighted by atomic mass is 10.1. The lowest BCUT2D eigenvalue weighted by Gasteiger charge is -2.13. The van der Waals surface area contributed by atoms with Crippen LogP contribution in [0.15, 0.2) is 51.7 Å². The SMILES string of the molecule is CCCOc1ccc(-c2nc3s/c(=C4\C(=O)N(CC)c5ccc(Br)cc54)c(=O)n3n2)cc1. The summed E-state index contributed by atoms with van der Waals surface area (Å²) < 4.78 is 8.10. The lowest BCUT2D eigenvalue weighted by Crippen LogP contribution is -2.32. The van der Waals surface area contributed by atoms with Gasteiger partial charge in [0.25, 0.3) is 11.5 Å². The van der Waals surface area contributed by atoms with Gasteiger partial charge in [-0.15, -0.1) is 5.10 Å². The van der Waals surface area contributed by atoms with Crippen LogP contribution in [0.2, 0.25) is 0 Å². The highest BCUT2D eigenvalue weighted by molar-refractivity contribution is 9.10. The molecule has 5 rings (SSSR count). The number of carbonyl (C=O) groups excluding carboxylic acids is 1. The standard InChI is InChI=1S/C23H19BrN4O3S/c1-3-11-31-15-8-5-13(6-9-15)20-25-23-28(26-20)22(30)19(32-23)18-16-12-14(24)7-10-17(16)27(4-2)21(18)29/h5-10,12H,3-4,11H2,1-2H3/b19-18-. The Bertz CT molecular complexity index is 1460. The summed E-state index contributed by atoms with van der Waals surface area (Å²) in [6.45, 7) is 5.15. The van der Waals surface area contributed by atoms with E-state index in [4.69, 9.17) is 4.74 Å². The van der Waals surface area contributed by atoms with Crippen molar-refractivity contribution in [2.45, 2.75) is 20.3 Å². The van der Waals surface area contributed by atoms with E-state index in [1.54, 1.807) is 4.90 Å². The summed E-state index contributed by atoms with van der Waals surface area (Å²) in [5.41, 5.74) is 2.42. The van der Waals surface area contributed by atoms with E-state index < -0.39 is 0 Å². The molecule has 0 fully saturated rings. The van der Waals surface area contributed by atoms with Crippen LogP contribution in [0.4, 0.5) is 5.69 Å². The number of thiazole rings is 1. The molecule has 7 nitrogen and oxygen atoms in total. The normalized spacial score (nSPS) is 15.0. The number of halogens is 1. The number of ether oxygens (including phenoxy) is 1. The topological polar surface area (TPSA) is 76.8 Å². The van der Waals surface area contributed by atoms with Crippen molar-refractivity contribution in [3.8, 4) is 17.1 Å². The van der Waals surface area contributed by atoms with Crippen molar-refractivity contribution in [3.05, 3.63) is 67.4 Å². The van der Waals surface area contributed by atoms with Crippen LogP contribution in [0.3, 0.4) is 0 Å². The Morgan fingerprint density at radius 3 is 2.56 bits per heavy atom. The van der Waals surface area contributed by atoms with Gasteiger partial charge in [0.2, 0.25) is 4.96 Å². The van der Waals surface area contributed by atoms with Gasteiger partial charge in [-0.25, -0.2) is 0 Å². The Balaban J connectivity index is 1.61. The molecule has 162 valence electrons. The molecule has 9 heteroatoms. The summed E-state index contributed by atoms with van der Waals surface area (Å²) in [4.78, 5) is 33.0. The van der Waals surface area contributed by atoms with E-state index in [2.05, 4.69) is 32.9 Å². The Morgan fingerprint density at radius 1 is 1.09 bits per heavy atom. The van der Waals surface area contributed by atoms with E-state index in [1.165, 1.54) is 15.9 Å². The Kier molecular flexibility index (Phi) is 5.30. The van der Waals surface area contributed by atoms with Gasteiger partial charge in [0.1, 0.15) is 10.3 Å². The smallest absolute Gasteiger partial charge is 0.291 e. The van der Waals surface area contributed by atoms with Crippen molar-refractivity contribution in [1.29, 1.82) is 0 Å². The first-order chi connectivity index (χ1) is 15.5. The van der Waals surface area contributed by atoms with E-state index in [9.17, 15) is 9.59 Å². The number of nitrogens with zero attached hydrogens (tertiary/aromatic N) is 4. The molecule has 0 unspecified atom stereocenters. The zero-order valence-corrected chi connectivity index (χ0v) is 19.9. The Morgan fingerprint density at radius 2 is 1.88 bits per heavy atom. The number of likely N-dealkylation sites (N-methyl/N-ethyl adjacent to an activating group) is 1. The van der Waals surface area contributed by atoms with Gasteiger partial charge in [0, 0.05) is 22.1 Å². The molecule has 0 radical (unpaired) electrons. The Labute approximate surface area is 196 Å². The first-order valence-corrected chi connectivity index (χ1v) is 11.9. The fraction of sp³-hybridized carbons (Fsp3) is 0.217. The molecular weight excluding hydrogens is 492 g/mol. The molecule has 0 N–H and O–H groups in total. The number of hydrogen-bond donors (Lipinski definition) is 0. The zero-order valence-electron chi connectivity index (χ0n) is 17.5. The van der Waals surface area contributed by atoms with Crippen LogP contribution in [0.5, 0.6) is 5.75 Å². The summed E-state index contributed by atoms with van der Waals surface area (Å²) in [7, 11) is 0. The minimum absolute atomic E-state index is 0.176. The van der Waals surface area contributed by atoms with Crippen LogP contribution < -0.4 is 19.7 Å². The van der Waals surface area contributed by atoms with Crippen molar-refractivity contribution in [2.24, 2.45) is 0 Å². The number of carbonyl (C=O) groups is 1. The summed E-state index contributed by atoms with van der Waals surface area (Å²) in [6.07, 6.45) is 0.939. The number of anilines is 1. The molecule has 0 bridgehead atoms. The molecule has 0 saturated carbocycles. The van der Waals surface area contributed by atoms with Gasteiger partial charge in [-0.1, -0.05) is 34.2 Å². The van der Waals surface area contributed by atoms with Gasteiger partial charge < -0.3 is 9.64 Å². The average Bonchev–Trinajstić information content (AvgIpc) is 3.42. The summed E-state index contributed by atoms with van der Waals surface area (Å²) in [5, 5.41) is 4.42. The fourth-order valence-electron chi connectivity index (χ4n) is 3.76. The molecule has 2 aromatic carbocycles. The van der Waals surface area contributed by atoms with Crippen molar-refractivity contribution in [1.82, 2.24) is 14.6 Å². The first-order valence-electron chi connectivity index (χ1n) is 10.3. The first kappa shape index (κ1) is 20.8. The molecule has 32 heavy (non-hydrogen) atoms. The van der Waals surface area contributed by atoms with Crippen molar-refractivity contribution >= 4 is 49.4 Å². The van der Waals surface area contributed by atoms with Gasteiger partial charge in [-0.3, -0.25) is 9.59 Å². The third-order valence-electron chi connectivity index (χ3n) is 5.26. The number of hydrogen-bond acceptors (Lipinski definition) is 6. The van der Waals surface area contributed by atoms with E-state index in [1.807, 2.05) is 49.4 Å². The maximum atomic E-state index is 13.2. The van der Waals surface area contributed by atoms with E-state index >= 15 is 0 Å². The van der Waals surface area contributed by atoms with Gasteiger partial charge >= 0.3 is 0 Å². The minimum atomic E-state index is -0.334. The number of aromatic nitrogens is 3. The number of amides is 1. The fourth-order valence-corrected chi connectivity index (χ4v) is 5.12. The lowest BCUT2D eigenvalue weighted by molar-refractivity contribution is -0.113. The average molecular weight is 511 g/mol. The van der Waals surface area contributed by atoms with Crippen LogP contribution in [0, 0.1) is 0 Å². The largest absolute Gasteiger partial charge is 0.494 e. The summed E-state index contributed by atoms with van der Waals surface area (Å²) >= 11 is 4.66. The van der Waals surface area contributed by atoms with Crippen LogP contribution in [-0.2, 0) is 4.79 Å². The summed E-state index contributed by atoms with van der Waals surface area (Å²) in [5.74, 6) is 1.07. The Hall–Kier alpha value is -3.04. The van der Waals surface area contributed by atoms with Gasteiger partial charge in [-0.05, 0) is 55.8 Å². The van der Waals surface area contributed by atoms with Crippen LogP contribution in [0.25, 0.3) is 21.9 Å². The second kappa shape index (κ2) is 8.14. The quantitative estimate of drug-likeness (QED) is 0.409. The predicted octanol–water partition coefficient (Wildman–Crippen LogP) is 3.65. The van der Waals surface area contributed by atoms with Crippen LogP contribution in [0.1, 0.15) is 25.8 Å². The van der Waals surface area contributed by atoms with Crippen molar-refractivity contribution in [3.63, 3.8) is 0 Å². The molecule has 1 amide bonds. The van der Waals surface area contributed by atoms with Gasteiger partial charge in [0.05, 0.1) is 17.9 Å². The zero-order chi connectivity index (χ0) is 22.4. The third kappa shape index (κ3) is 3.32. The molecule has 0 atom stereocenters. The molecule has 0 aliphatic carbocycles. The van der Waals surface area contributed by atoms with Crippen LogP contribution in [-0.4, -0.2) is 33.7 Å². The van der Waals surface area contributed by atoms with E-state index in [0.717, 1.165) is 33.5 Å². The minimum Gasteiger partial charge on any atom is -0.494 e.